The topological polar surface area (TPSA) is 19.0 Å². The summed E-state index contributed by atoms with van der Waals surface area (Å²) in [5.41, 5.74) is 3.83. The molecule has 0 aliphatic heterocycles. The van der Waals surface area contributed by atoms with Crippen molar-refractivity contribution in [3.63, 3.8) is 0 Å². The van der Waals surface area contributed by atoms with Crippen molar-refractivity contribution in [1.82, 2.24) is 4.98 Å². The molecule has 0 radical (unpaired) electrons. The normalized spacial score (nSPS) is 11.1. The first-order chi connectivity index (χ1) is 9.31. The first-order valence-electron chi connectivity index (χ1n) is 6.74. The number of rotatable bonds is 4. The van der Waals surface area contributed by atoms with Crippen molar-refractivity contribution in [2.75, 3.05) is 18.0 Å². The molecule has 0 aliphatic rings. The SMILES string of the molecule is CCN(CC)c1ccc(-c2cc3[nH]ccc3s2)cc1. The molecule has 0 saturated heterocycles. The van der Waals surface area contributed by atoms with Crippen LogP contribution in [0.25, 0.3) is 20.7 Å². The van der Waals surface area contributed by atoms with Crippen LogP contribution in [-0.2, 0) is 0 Å². The summed E-state index contributed by atoms with van der Waals surface area (Å²) in [6.07, 6.45) is 1.99. The molecular weight excluding hydrogens is 252 g/mol. The van der Waals surface area contributed by atoms with Gasteiger partial charge >= 0.3 is 0 Å². The number of hydrogen-bond acceptors (Lipinski definition) is 2. The maximum absolute atomic E-state index is 3.26. The van der Waals surface area contributed by atoms with E-state index in [-0.39, 0.29) is 0 Å². The summed E-state index contributed by atoms with van der Waals surface area (Å²) in [6.45, 7) is 6.49. The molecule has 0 saturated carbocycles. The van der Waals surface area contributed by atoms with Gasteiger partial charge in [0.05, 0.1) is 10.2 Å². The van der Waals surface area contributed by atoms with Crippen molar-refractivity contribution in [3.8, 4) is 10.4 Å². The average molecular weight is 270 g/mol. The lowest BCUT2D eigenvalue weighted by Crippen LogP contribution is -2.21. The molecular formula is C16H18N2S. The average Bonchev–Trinajstić information content (AvgIpc) is 3.02. The van der Waals surface area contributed by atoms with Gasteiger partial charge in [-0.1, -0.05) is 12.1 Å². The molecule has 0 fully saturated rings. The molecule has 0 atom stereocenters. The van der Waals surface area contributed by atoms with E-state index in [9.17, 15) is 0 Å². The van der Waals surface area contributed by atoms with Crippen LogP contribution in [0.2, 0.25) is 0 Å². The molecule has 3 heteroatoms. The van der Waals surface area contributed by atoms with Gasteiger partial charge in [-0.2, -0.15) is 0 Å². The van der Waals surface area contributed by atoms with Gasteiger partial charge in [0.1, 0.15) is 0 Å². The quantitative estimate of drug-likeness (QED) is 0.725. The van der Waals surface area contributed by atoms with Crippen molar-refractivity contribution in [3.05, 3.63) is 42.6 Å². The molecule has 0 aliphatic carbocycles. The second-order valence-corrected chi connectivity index (χ2v) is 5.67. The number of benzene rings is 1. The summed E-state index contributed by atoms with van der Waals surface area (Å²) in [4.78, 5) is 6.95. The van der Waals surface area contributed by atoms with Crippen LogP contribution in [0.15, 0.2) is 42.6 Å². The Balaban J connectivity index is 1.91. The van der Waals surface area contributed by atoms with E-state index in [1.165, 1.54) is 26.3 Å². The zero-order valence-electron chi connectivity index (χ0n) is 11.3. The Morgan fingerprint density at radius 2 is 1.79 bits per heavy atom. The number of H-pyrrole nitrogens is 1. The summed E-state index contributed by atoms with van der Waals surface area (Å²) < 4.78 is 1.32. The molecule has 3 rings (SSSR count). The molecule has 2 heterocycles. The molecule has 3 aromatic rings. The van der Waals surface area contributed by atoms with Crippen LogP contribution in [0, 0.1) is 0 Å². The molecule has 0 amide bonds. The Labute approximate surface area is 117 Å². The second kappa shape index (κ2) is 5.10. The largest absolute Gasteiger partial charge is 0.372 e. The van der Waals surface area contributed by atoms with Gasteiger partial charge < -0.3 is 9.88 Å². The highest BCUT2D eigenvalue weighted by Crippen LogP contribution is 2.33. The molecule has 1 aromatic carbocycles. The second-order valence-electron chi connectivity index (χ2n) is 4.59. The van der Waals surface area contributed by atoms with Gasteiger partial charge in [-0.25, -0.2) is 0 Å². The van der Waals surface area contributed by atoms with Crippen molar-refractivity contribution in [2.24, 2.45) is 0 Å². The summed E-state index contributed by atoms with van der Waals surface area (Å²) in [7, 11) is 0. The minimum absolute atomic E-state index is 1.05. The van der Waals surface area contributed by atoms with Crippen molar-refractivity contribution >= 4 is 27.2 Å². The first kappa shape index (κ1) is 12.3. The van der Waals surface area contributed by atoms with Gasteiger partial charge in [0, 0.05) is 29.9 Å². The van der Waals surface area contributed by atoms with E-state index in [0.717, 1.165) is 13.1 Å². The highest BCUT2D eigenvalue weighted by atomic mass is 32.1. The van der Waals surface area contributed by atoms with Crippen LogP contribution in [0.1, 0.15) is 13.8 Å². The molecule has 1 N–H and O–H groups in total. The Hall–Kier alpha value is -1.74. The number of nitrogens with zero attached hydrogens (tertiary/aromatic N) is 1. The minimum atomic E-state index is 1.05. The first-order valence-corrected chi connectivity index (χ1v) is 7.55. The monoisotopic (exact) mass is 270 g/mol. The number of hydrogen-bond donors (Lipinski definition) is 1. The maximum atomic E-state index is 3.26. The molecule has 98 valence electrons. The minimum Gasteiger partial charge on any atom is -0.372 e. The van der Waals surface area contributed by atoms with Crippen LogP contribution < -0.4 is 4.90 Å². The maximum Gasteiger partial charge on any atom is 0.0570 e. The van der Waals surface area contributed by atoms with Crippen LogP contribution in [0.4, 0.5) is 5.69 Å². The molecule has 0 spiro atoms. The van der Waals surface area contributed by atoms with Crippen molar-refractivity contribution in [2.45, 2.75) is 13.8 Å². The van der Waals surface area contributed by atoms with E-state index in [4.69, 9.17) is 0 Å². The van der Waals surface area contributed by atoms with E-state index in [0.29, 0.717) is 0 Å². The lowest BCUT2D eigenvalue weighted by atomic mass is 10.1. The molecule has 2 aromatic heterocycles. The van der Waals surface area contributed by atoms with Gasteiger partial charge in [0.2, 0.25) is 0 Å². The predicted octanol–water partition coefficient (Wildman–Crippen LogP) is 4.74. The van der Waals surface area contributed by atoms with E-state index in [1.807, 2.05) is 17.5 Å². The van der Waals surface area contributed by atoms with Crippen LogP contribution >= 0.6 is 11.3 Å². The fourth-order valence-electron chi connectivity index (χ4n) is 2.42. The van der Waals surface area contributed by atoms with Crippen LogP contribution in [0.3, 0.4) is 0 Å². The van der Waals surface area contributed by atoms with Gasteiger partial charge in [-0.05, 0) is 43.7 Å². The van der Waals surface area contributed by atoms with Crippen LogP contribution in [0.5, 0.6) is 0 Å². The van der Waals surface area contributed by atoms with Gasteiger partial charge in [-0.15, -0.1) is 11.3 Å². The number of nitrogens with one attached hydrogen (secondary N) is 1. The Bertz CT molecular complexity index is 631. The zero-order chi connectivity index (χ0) is 13.2. The number of fused-ring (bicyclic) bond motifs is 1. The highest BCUT2D eigenvalue weighted by Gasteiger charge is 2.06. The number of aromatic nitrogens is 1. The van der Waals surface area contributed by atoms with Crippen molar-refractivity contribution < 1.29 is 0 Å². The van der Waals surface area contributed by atoms with Gasteiger partial charge in [0.25, 0.3) is 0 Å². The number of thiophene rings is 1. The molecule has 0 bridgehead atoms. The molecule has 2 nitrogen and oxygen atoms in total. The third kappa shape index (κ3) is 2.26. The predicted molar refractivity (Wildman–Crippen MR) is 85.2 cm³/mol. The number of anilines is 1. The Kier molecular flexibility index (Phi) is 3.30. The highest BCUT2D eigenvalue weighted by molar-refractivity contribution is 7.22. The summed E-state index contributed by atoms with van der Waals surface area (Å²) >= 11 is 1.84. The lowest BCUT2D eigenvalue weighted by molar-refractivity contribution is 0.866. The summed E-state index contributed by atoms with van der Waals surface area (Å²) in [6, 6.07) is 13.2. The third-order valence-corrected chi connectivity index (χ3v) is 4.66. The Morgan fingerprint density at radius 3 is 2.42 bits per heavy atom. The van der Waals surface area contributed by atoms with E-state index >= 15 is 0 Å². The summed E-state index contributed by atoms with van der Waals surface area (Å²) in [5.74, 6) is 0. The third-order valence-electron chi connectivity index (χ3n) is 3.51. The Morgan fingerprint density at radius 1 is 1.05 bits per heavy atom. The molecule has 19 heavy (non-hydrogen) atoms. The van der Waals surface area contributed by atoms with Gasteiger partial charge in [-0.3, -0.25) is 0 Å². The standard InChI is InChI=1S/C16H18N2S/c1-3-18(4-2)13-7-5-12(6-8-13)16-11-14-15(19-16)9-10-17-14/h5-11,17H,3-4H2,1-2H3. The van der Waals surface area contributed by atoms with E-state index < -0.39 is 0 Å². The smallest absolute Gasteiger partial charge is 0.0570 e. The summed E-state index contributed by atoms with van der Waals surface area (Å²) in [5, 5.41) is 0. The molecule has 0 unspecified atom stereocenters. The zero-order valence-corrected chi connectivity index (χ0v) is 12.1. The fraction of sp³-hybridized carbons (Fsp3) is 0.250. The van der Waals surface area contributed by atoms with E-state index in [2.05, 4.69) is 60.1 Å². The van der Waals surface area contributed by atoms with Crippen molar-refractivity contribution in [1.29, 1.82) is 0 Å². The van der Waals surface area contributed by atoms with E-state index in [1.54, 1.807) is 0 Å². The van der Waals surface area contributed by atoms with Gasteiger partial charge in [0.15, 0.2) is 0 Å². The number of aromatic amines is 1. The van der Waals surface area contributed by atoms with Crippen LogP contribution in [-0.4, -0.2) is 18.1 Å². The lowest BCUT2D eigenvalue weighted by Gasteiger charge is -2.21. The fourth-order valence-corrected chi connectivity index (χ4v) is 3.45.